The number of aromatic nitrogens is 2. The van der Waals surface area contributed by atoms with Crippen LogP contribution in [0, 0.1) is 0 Å². The summed E-state index contributed by atoms with van der Waals surface area (Å²) in [6.45, 7) is 5.06. The number of nitrogens with zero attached hydrogens (tertiary/aromatic N) is 3. The van der Waals surface area contributed by atoms with Crippen LogP contribution < -0.4 is 10.5 Å². The lowest BCUT2D eigenvalue weighted by Crippen LogP contribution is -2.45. The standard InChI is InChI=1S/C22H22N4O/c27-22-19-8-4-5-9-20(19)26-16-17(14-21(26)23-22)15-24-10-12-25(13-11-24)18-6-2-1-3-7-18/h1-9,14,16H,10-13,15H2,(H,23,27). The lowest BCUT2D eigenvalue weighted by atomic mass is 10.2. The molecular weight excluding hydrogens is 336 g/mol. The lowest BCUT2D eigenvalue weighted by Gasteiger charge is -2.36. The number of fused-ring (bicyclic) bond motifs is 3. The Bertz CT molecular complexity index is 1140. The summed E-state index contributed by atoms with van der Waals surface area (Å²) in [5, 5.41) is 0.726. The second-order valence-corrected chi connectivity index (χ2v) is 7.17. The van der Waals surface area contributed by atoms with E-state index in [1.54, 1.807) is 0 Å². The first-order valence-corrected chi connectivity index (χ1v) is 9.42. The van der Waals surface area contributed by atoms with E-state index in [0.29, 0.717) is 0 Å². The number of H-pyrrole nitrogens is 1. The van der Waals surface area contributed by atoms with Crippen molar-refractivity contribution in [1.29, 1.82) is 0 Å². The fraction of sp³-hybridized carbons (Fsp3) is 0.227. The van der Waals surface area contributed by atoms with Crippen LogP contribution >= 0.6 is 0 Å². The van der Waals surface area contributed by atoms with Crippen LogP contribution in [-0.4, -0.2) is 40.5 Å². The lowest BCUT2D eigenvalue weighted by molar-refractivity contribution is 0.250. The molecular formula is C22H22N4O. The van der Waals surface area contributed by atoms with Crippen molar-refractivity contribution in [2.45, 2.75) is 6.54 Å². The van der Waals surface area contributed by atoms with Crippen molar-refractivity contribution < 1.29 is 0 Å². The molecule has 0 saturated carbocycles. The third-order valence-corrected chi connectivity index (χ3v) is 5.43. The van der Waals surface area contributed by atoms with Crippen molar-refractivity contribution in [2.24, 2.45) is 0 Å². The molecule has 0 unspecified atom stereocenters. The van der Waals surface area contributed by atoms with E-state index in [1.807, 2.05) is 24.3 Å². The molecule has 1 saturated heterocycles. The number of rotatable bonds is 3. The fourth-order valence-electron chi connectivity index (χ4n) is 4.02. The van der Waals surface area contributed by atoms with Gasteiger partial charge in [0.05, 0.1) is 10.9 Å². The number of aromatic amines is 1. The van der Waals surface area contributed by atoms with Gasteiger partial charge in [0, 0.05) is 44.6 Å². The summed E-state index contributed by atoms with van der Waals surface area (Å²) in [5.41, 5.74) is 4.32. The SMILES string of the molecule is O=c1[nH]c2cc(CN3CCN(c4ccccc4)CC3)cn2c2ccccc12. The molecule has 3 heterocycles. The second-order valence-electron chi connectivity index (χ2n) is 7.17. The topological polar surface area (TPSA) is 43.8 Å². The van der Waals surface area contributed by atoms with Crippen LogP contribution in [0.2, 0.25) is 0 Å². The molecule has 2 aromatic heterocycles. The Morgan fingerprint density at radius 1 is 0.889 bits per heavy atom. The highest BCUT2D eigenvalue weighted by Crippen LogP contribution is 2.19. The van der Waals surface area contributed by atoms with Crippen LogP contribution in [0.25, 0.3) is 16.6 Å². The summed E-state index contributed by atoms with van der Waals surface area (Å²) in [5.74, 6) is 0. The number of hydrogen-bond donors (Lipinski definition) is 1. The van der Waals surface area contributed by atoms with Gasteiger partial charge in [0.15, 0.2) is 0 Å². The number of hydrogen-bond acceptors (Lipinski definition) is 3. The molecule has 5 heteroatoms. The highest BCUT2D eigenvalue weighted by Gasteiger charge is 2.18. The predicted octanol–water partition coefficient (Wildman–Crippen LogP) is 3.10. The Hall–Kier alpha value is -3.05. The van der Waals surface area contributed by atoms with Gasteiger partial charge in [0.1, 0.15) is 5.65 Å². The van der Waals surface area contributed by atoms with Gasteiger partial charge in [-0.25, -0.2) is 0 Å². The molecule has 0 radical (unpaired) electrons. The Labute approximate surface area is 157 Å². The Morgan fingerprint density at radius 3 is 2.44 bits per heavy atom. The van der Waals surface area contributed by atoms with Crippen molar-refractivity contribution in [1.82, 2.24) is 14.3 Å². The molecule has 1 aliphatic heterocycles. The average molecular weight is 358 g/mol. The number of piperazine rings is 1. The van der Waals surface area contributed by atoms with Crippen molar-refractivity contribution >= 4 is 22.2 Å². The van der Waals surface area contributed by atoms with Gasteiger partial charge in [-0.3, -0.25) is 9.69 Å². The second kappa shape index (κ2) is 6.59. The van der Waals surface area contributed by atoms with Crippen molar-refractivity contribution in [3.8, 4) is 0 Å². The zero-order valence-corrected chi connectivity index (χ0v) is 15.1. The van der Waals surface area contributed by atoms with E-state index in [-0.39, 0.29) is 5.56 Å². The fourth-order valence-corrected chi connectivity index (χ4v) is 4.02. The van der Waals surface area contributed by atoms with Crippen molar-refractivity contribution in [3.05, 3.63) is 82.8 Å². The molecule has 5 nitrogen and oxygen atoms in total. The van der Waals surface area contributed by atoms with Crippen LogP contribution in [0.1, 0.15) is 5.56 Å². The number of anilines is 1. The quantitative estimate of drug-likeness (QED) is 0.612. The maximum Gasteiger partial charge on any atom is 0.258 e. The Kier molecular flexibility index (Phi) is 3.94. The molecule has 0 amide bonds. The van der Waals surface area contributed by atoms with Gasteiger partial charge in [-0.2, -0.15) is 0 Å². The number of para-hydroxylation sites is 2. The highest BCUT2D eigenvalue weighted by atomic mass is 16.1. The number of benzene rings is 2. The van der Waals surface area contributed by atoms with Gasteiger partial charge in [0.25, 0.3) is 5.56 Å². The van der Waals surface area contributed by atoms with E-state index in [2.05, 4.69) is 61.8 Å². The van der Waals surface area contributed by atoms with E-state index < -0.39 is 0 Å². The summed E-state index contributed by atoms with van der Waals surface area (Å²) in [6, 6.07) is 20.5. The third kappa shape index (κ3) is 3.00. The molecule has 5 rings (SSSR count). The predicted molar refractivity (Wildman–Crippen MR) is 109 cm³/mol. The summed E-state index contributed by atoms with van der Waals surface area (Å²) in [4.78, 5) is 20.2. The molecule has 1 aliphatic rings. The Balaban J connectivity index is 1.35. The molecule has 1 N–H and O–H groups in total. The van der Waals surface area contributed by atoms with Gasteiger partial charge < -0.3 is 14.3 Å². The van der Waals surface area contributed by atoms with Gasteiger partial charge in [-0.15, -0.1) is 0 Å². The van der Waals surface area contributed by atoms with E-state index in [1.165, 1.54) is 11.3 Å². The molecule has 0 spiro atoms. The molecule has 27 heavy (non-hydrogen) atoms. The van der Waals surface area contributed by atoms with E-state index >= 15 is 0 Å². The highest BCUT2D eigenvalue weighted by molar-refractivity contribution is 5.80. The van der Waals surface area contributed by atoms with Crippen molar-refractivity contribution in [2.75, 3.05) is 31.1 Å². The molecule has 136 valence electrons. The van der Waals surface area contributed by atoms with Crippen LogP contribution in [0.5, 0.6) is 0 Å². The maximum atomic E-state index is 12.3. The Morgan fingerprint density at radius 2 is 1.63 bits per heavy atom. The maximum absolute atomic E-state index is 12.3. The summed E-state index contributed by atoms with van der Waals surface area (Å²) in [6.07, 6.45) is 2.15. The first-order chi connectivity index (χ1) is 13.3. The zero-order valence-electron chi connectivity index (χ0n) is 15.1. The van der Waals surface area contributed by atoms with Gasteiger partial charge in [0.2, 0.25) is 0 Å². The van der Waals surface area contributed by atoms with Crippen LogP contribution in [0.4, 0.5) is 5.69 Å². The normalized spacial score (nSPS) is 15.6. The minimum Gasteiger partial charge on any atom is -0.369 e. The smallest absolute Gasteiger partial charge is 0.258 e. The average Bonchev–Trinajstić information content (AvgIpc) is 3.12. The minimum absolute atomic E-state index is 0.0285. The van der Waals surface area contributed by atoms with Gasteiger partial charge in [-0.05, 0) is 35.9 Å². The largest absolute Gasteiger partial charge is 0.369 e. The van der Waals surface area contributed by atoms with Crippen LogP contribution in [0.15, 0.2) is 71.7 Å². The third-order valence-electron chi connectivity index (χ3n) is 5.43. The van der Waals surface area contributed by atoms with Crippen molar-refractivity contribution in [3.63, 3.8) is 0 Å². The minimum atomic E-state index is -0.0285. The van der Waals surface area contributed by atoms with E-state index in [0.717, 1.165) is 49.3 Å². The zero-order chi connectivity index (χ0) is 18.2. The van der Waals surface area contributed by atoms with E-state index in [4.69, 9.17) is 0 Å². The summed E-state index contributed by atoms with van der Waals surface area (Å²) >= 11 is 0. The number of nitrogens with one attached hydrogen (secondary N) is 1. The molecule has 2 aromatic carbocycles. The molecule has 0 bridgehead atoms. The van der Waals surface area contributed by atoms with Gasteiger partial charge >= 0.3 is 0 Å². The van der Waals surface area contributed by atoms with Gasteiger partial charge in [-0.1, -0.05) is 30.3 Å². The summed E-state index contributed by atoms with van der Waals surface area (Å²) in [7, 11) is 0. The molecule has 1 fully saturated rings. The molecule has 0 aliphatic carbocycles. The van der Waals surface area contributed by atoms with Crippen LogP contribution in [0.3, 0.4) is 0 Å². The first kappa shape index (κ1) is 16.1. The first-order valence-electron chi connectivity index (χ1n) is 9.42. The van der Waals surface area contributed by atoms with Crippen LogP contribution in [-0.2, 0) is 6.54 Å². The van der Waals surface area contributed by atoms with E-state index in [9.17, 15) is 4.79 Å². The molecule has 0 atom stereocenters. The monoisotopic (exact) mass is 358 g/mol. The molecule has 4 aromatic rings. The summed E-state index contributed by atoms with van der Waals surface area (Å²) < 4.78 is 2.09.